The van der Waals surface area contributed by atoms with E-state index in [4.69, 9.17) is 14.6 Å². The lowest BCUT2D eigenvalue weighted by molar-refractivity contribution is 0.0697. The van der Waals surface area contributed by atoms with Crippen molar-refractivity contribution >= 4 is 5.97 Å². The summed E-state index contributed by atoms with van der Waals surface area (Å²) in [5, 5.41) is 8.74. The Bertz CT molecular complexity index is 606. The van der Waals surface area contributed by atoms with E-state index in [2.05, 4.69) is 0 Å². The first-order valence-electron chi connectivity index (χ1n) is 6.11. The molecule has 0 saturated heterocycles. The van der Waals surface area contributed by atoms with Gasteiger partial charge in [0.1, 0.15) is 19.0 Å². The molecule has 0 aliphatic carbocycles. The minimum atomic E-state index is -1.03. The Hall–Kier alpha value is -2.63. The molecule has 0 radical (unpaired) electrons. The van der Waals surface area contributed by atoms with Crippen LogP contribution in [-0.4, -0.2) is 24.3 Å². The Morgan fingerprint density at radius 3 is 2.10 bits per heavy atom. The summed E-state index contributed by atoms with van der Waals surface area (Å²) >= 11 is 0. The fourth-order valence-corrected chi connectivity index (χ4v) is 1.62. The molecule has 0 bridgehead atoms. The number of carboxylic acid groups (broad SMARTS) is 1. The van der Waals surface area contributed by atoms with Gasteiger partial charge in [-0.15, -0.1) is 0 Å². The van der Waals surface area contributed by atoms with E-state index in [0.717, 1.165) is 12.1 Å². The summed E-state index contributed by atoms with van der Waals surface area (Å²) in [4.78, 5) is 10.7. The van der Waals surface area contributed by atoms with E-state index in [1.54, 1.807) is 0 Å². The molecule has 0 aliphatic rings. The first-order chi connectivity index (χ1) is 10.1. The fraction of sp³-hybridized carbons (Fsp3) is 0.133. The second kappa shape index (κ2) is 6.69. The van der Waals surface area contributed by atoms with Crippen molar-refractivity contribution in [3.05, 3.63) is 59.7 Å². The van der Waals surface area contributed by atoms with E-state index in [1.807, 2.05) is 0 Å². The normalized spacial score (nSPS) is 10.2. The average molecular weight is 294 g/mol. The van der Waals surface area contributed by atoms with Crippen molar-refractivity contribution in [3.8, 4) is 11.5 Å². The van der Waals surface area contributed by atoms with Crippen LogP contribution in [0.25, 0.3) is 0 Å². The summed E-state index contributed by atoms with van der Waals surface area (Å²) in [6.07, 6.45) is 0. The van der Waals surface area contributed by atoms with Crippen LogP contribution in [0.2, 0.25) is 0 Å². The smallest absolute Gasteiger partial charge is 0.335 e. The minimum absolute atomic E-state index is 0.0431. The molecule has 21 heavy (non-hydrogen) atoms. The quantitative estimate of drug-likeness (QED) is 0.832. The van der Waals surface area contributed by atoms with E-state index in [1.165, 1.54) is 30.3 Å². The molecule has 0 aromatic heterocycles. The van der Waals surface area contributed by atoms with Crippen molar-refractivity contribution in [2.24, 2.45) is 0 Å². The van der Waals surface area contributed by atoms with Crippen LogP contribution < -0.4 is 9.47 Å². The Balaban J connectivity index is 1.83. The number of ether oxygens (including phenoxy) is 2. The molecule has 6 heteroatoms. The van der Waals surface area contributed by atoms with Gasteiger partial charge in [-0.3, -0.25) is 0 Å². The third-order valence-electron chi connectivity index (χ3n) is 2.62. The third-order valence-corrected chi connectivity index (χ3v) is 2.62. The highest BCUT2D eigenvalue weighted by Crippen LogP contribution is 2.20. The second-order valence-electron chi connectivity index (χ2n) is 4.08. The maximum Gasteiger partial charge on any atom is 0.335 e. The van der Waals surface area contributed by atoms with Crippen LogP contribution in [0.3, 0.4) is 0 Å². The molecule has 2 rings (SSSR count). The lowest BCUT2D eigenvalue weighted by Gasteiger charge is -2.09. The predicted octanol–water partition coefficient (Wildman–Crippen LogP) is 3.12. The Morgan fingerprint density at radius 2 is 1.52 bits per heavy atom. The van der Waals surface area contributed by atoms with Crippen LogP contribution in [0.15, 0.2) is 42.5 Å². The molecule has 4 nitrogen and oxygen atoms in total. The number of carboxylic acids is 1. The van der Waals surface area contributed by atoms with Crippen LogP contribution in [0.1, 0.15) is 10.4 Å². The SMILES string of the molecule is O=C(O)c1ccc(OCCOc2c(F)cccc2F)cc1. The van der Waals surface area contributed by atoms with E-state index < -0.39 is 23.4 Å². The standard InChI is InChI=1S/C15H12F2O4/c16-12-2-1-3-13(17)14(12)21-9-8-20-11-6-4-10(5-7-11)15(18)19/h1-7H,8-9H2,(H,18,19). The van der Waals surface area contributed by atoms with Crippen molar-refractivity contribution < 1.29 is 28.2 Å². The zero-order valence-electron chi connectivity index (χ0n) is 10.9. The zero-order valence-corrected chi connectivity index (χ0v) is 10.9. The molecule has 0 fully saturated rings. The van der Waals surface area contributed by atoms with Gasteiger partial charge in [-0.25, -0.2) is 13.6 Å². The summed E-state index contributed by atoms with van der Waals surface area (Å²) < 4.78 is 36.8. The van der Waals surface area contributed by atoms with Gasteiger partial charge in [0.2, 0.25) is 0 Å². The summed E-state index contributed by atoms with van der Waals surface area (Å²) in [5.74, 6) is -2.58. The monoisotopic (exact) mass is 294 g/mol. The maximum atomic E-state index is 13.3. The Labute approximate surface area is 119 Å². The van der Waals surface area contributed by atoms with Gasteiger partial charge in [-0.1, -0.05) is 6.07 Å². The molecule has 2 aromatic carbocycles. The number of carbonyl (C=O) groups is 1. The van der Waals surface area contributed by atoms with E-state index in [9.17, 15) is 13.6 Å². The van der Waals surface area contributed by atoms with Crippen LogP contribution in [0.4, 0.5) is 8.78 Å². The molecule has 0 amide bonds. The van der Waals surface area contributed by atoms with E-state index >= 15 is 0 Å². The molecule has 2 aromatic rings. The number of hydrogen-bond donors (Lipinski definition) is 1. The molecule has 110 valence electrons. The van der Waals surface area contributed by atoms with Crippen molar-refractivity contribution in [1.82, 2.24) is 0 Å². The lowest BCUT2D eigenvalue weighted by Crippen LogP contribution is -2.10. The highest BCUT2D eigenvalue weighted by atomic mass is 19.1. The Morgan fingerprint density at radius 1 is 0.952 bits per heavy atom. The Kier molecular flexibility index (Phi) is 4.71. The number of halogens is 2. The van der Waals surface area contributed by atoms with Gasteiger partial charge in [-0.05, 0) is 36.4 Å². The van der Waals surface area contributed by atoms with Crippen LogP contribution in [-0.2, 0) is 0 Å². The zero-order chi connectivity index (χ0) is 15.2. The van der Waals surface area contributed by atoms with Gasteiger partial charge >= 0.3 is 5.97 Å². The molecule has 0 unspecified atom stereocenters. The highest BCUT2D eigenvalue weighted by molar-refractivity contribution is 5.87. The number of aromatic carboxylic acids is 1. The van der Waals surface area contributed by atoms with Crippen LogP contribution >= 0.6 is 0 Å². The van der Waals surface area contributed by atoms with Gasteiger partial charge in [0.25, 0.3) is 0 Å². The number of hydrogen-bond acceptors (Lipinski definition) is 3. The summed E-state index contributed by atoms with van der Waals surface area (Å²) in [5.41, 5.74) is 0.145. The van der Waals surface area contributed by atoms with Gasteiger partial charge in [0.05, 0.1) is 5.56 Å². The molecule has 0 atom stereocenters. The fourth-order valence-electron chi connectivity index (χ4n) is 1.62. The van der Waals surface area contributed by atoms with E-state index in [-0.39, 0.29) is 18.8 Å². The summed E-state index contributed by atoms with van der Waals surface area (Å²) in [6, 6.07) is 9.23. The van der Waals surface area contributed by atoms with Gasteiger partial charge in [0, 0.05) is 0 Å². The lowest BCUT2D eigenvalue weighted by atomic mass is 10.2. The minimum Gasteiger partial charge on any atom is -0.490 e. The van der Waals surface area contributed by atoms with Crippen LogP contribution in [0, 0.1) is 11.6 Å². The van der Waals surface area contributed by atoms with Crippen molar-refractivity contribution in [1.29, 1.82) is 0 Å². The van der Waals surface area contributed by atoms with Crippen molar-refractivity contribution in [3.63, 3.8) is 0 Å². The molecule has 0 spiro atoms. The molecule has 0 heterocycles. The summed E-state index contributed by atoms with van der Waals surface area (Å²) in [6.45, 7) is 0.0265. The maximum absolute atomic E-state index is 13.3. The summed E-state index contributed by atoms with van der Waals surface area (Å²) in [7, 11) is 0. The van der Waals surface area contributed by atoms with Gasteiger partial charge in [-0.2, -0.15) is 0 Å². The molecule has 1 N–H and O–H groups in total. The van der Waals surface area contributed by atoms with Crippen LogP contribution in [0.5, 0.6) is 11.5 Å². The van der Waals surface area contributed by atoms with E-state index in [0.29, 0.717) is 5.75 Å². The molecule has 0 saturated carbocycles. The first kappa shape index (κ1) is 14.8. The number of rotatable bonds is 6. The molecular weight excluding hydrogens is 282 g/mol. The average Bonchev–Trinajstić information content (AvgIpc) is 2.46. The van der Waals surface area contributed by atoms with Gasteiger partial charge < -0.3 is 14.6 Å². The van der Waals surface area contributed by atoms with Gasteiger partial charge in [0.15, 0.2) is 17.4 Å². The first-order valence-corrected chi connectivity index (χ1v) is 6.11. The van der Waals surface area contributed by atoms with Crippen molar-refractivity contribution in [2.45, 2.75) is 0 Å². The highest BCUT2D eigenvalue weighted by Gasteiger charge is 2.09. The largest absolute Gasteiger partial charge is 0.490 e. The predicted molar refractivity (Wildman–Crippen MR) is 70.7 cm³/mol. The number of para-hydroxylation sites is 1. The second-order valence-corrected chi connectivity index (χ2v) is 4.08. The topological polar surface area (TPSA) is 55.8 Å². The third kappa shape index (κ3) is 3.92. The molecule has 0 aliphatic heterocycles. The molecular formula is C15H12F2O4. The number of benzene rings is 2. The van der Waals surface area contributed by atoms with Crippen molar-refractivity contribution in [2.75, 3.05) is 13.2 Å².